The fourth-order valence-electron chi connectivity index (χ4n) is 4.70. The molecule has 1 aliphatic rings. The first kappa shape index (κ1) is 20.9. The summed E-state index contributed by atoms with van der Waals surface area (Å²) in [6, 6.07) is 21.0. The Bertz CT molecular complexity index is 906. The van der Waals surface area contributed by atoms with Gasteiger partial charge in [0.2, 0.25) is 0 Å². The van der Waals surface area contributed by atoms with Crippen LogP contribution in [0.4, 0.5) is 0 Å². The van der Waals surface area contributed by atoms with Crippen molar-refractivity contribution in [3.63, 3.8) is 0 Å². The number of rotatable bonds is 4. The van der Waals surface area contributed by atoms with Crippen LogP contribution in [0, 0.1) is 5.41 Å². The monoisotopic (exact) mass is 449 g/mol. The molecule has 27 heavy (non-hydrogen) atoms. The van der Waals surface area contributed by atoms with Crippen LogP contribution in [0.2, 0.25) is 19.6 Å². The van der Waals surface area contributed by atoms with E-state index in [1.54, 1.807) is 0 Å². The summed E-state index contributed by atoms with van der Waals surface area (Å²) in [6.45, 7) is 9.72. The molecule has 0 heterocycles. The largest absolute Gasteiger partial charge is 0.164 e. The Hall–Kier alpha value is -0.850. The molecule has 1 fully saturated rings. The fourth-order valence-corrected chi connectivity index (χ4v) is 5.87. The normalized spacial score (nSPS) is 16.4. The van der Waals surface area contributed by atoms with E-state index < -0.39 is 8.07 Å². The van der Waals surface area contributed by atoms with Crippen LogP contribution in [0.5, 0.6) is 0 Å². The van der Waals surface area contributed by atoms with E-state index in [-0.39, 0.29) is 26.2 Å². The van der Waals surface area contributed by atoms with Crippen molar-refractivity contribution in [2.75, 3.05) is 0 Å². The zero-order chi connectivity index (χ0) is 18.4. The molecule has 0 amide bonds. The van der Waals surface area contributed by atoms with E-state index in [9.17, 15) is 0 Å². The van der Waals surface area contributed by atoms with Crippen molar-refractivity contribution in [1.82, 2.24) is 0 Å². The smallest absolute Gasteiger partial charge is 0.0775 e. The van der Waals surface area contributed by atoms with Crippen LogP contribution < -0.4 is 5.19 Å². The summed E-state index contributed by atoms with van der Waals surface area (Å²) in [6.07, 6.45) is 6.82. The summed E-state index contributed by atoms with van der Waals surface area (Å²) in [5.41, 5.74) is 4.77. The molecule has 1 aliphatic carbocycles. The van der Waals surface area contributed by atoms with Gasteiger partial charge in [-0.25, -0.2) is 0 Å². The van der Waals surface area contributed by atoms with Crippen LogP contribution in [0.1, 0.15) is 38.2 Å². The second-order valence-corrected chi connectivity index (χ2v) is 14.8. The zero-order valence-electron chi connectivity index (χ0n) is 17.2. The van der Waals surface area contributed by atoms with Crippen molar-refractivity contribution in [1.29, 1.82) is 0 Å². The molecule has 1 saturated carbocycles. The first-order valence-corrected chi connectivity index (χ1v) is 13.6. The molecule has 0 bridgehead atoms. The Morgan fingerprint density at radius 2 is 1.63 bits per heavy atom. The molecular weight excluding hydrogens is 420 g/mol. The van der Waals surface area contributed by atoms with Gasteiger partial charge in [-0.15, -0.1) is 34.5 Å². The van der Waals surface area contributed by atoms with Crippen molar-refractivity contribution in [2.45, 2.75) is 58.7 Å². The number of hydrogen-bond acceptors (Lipinski definition) is 0. The summed E-state index contributed by atoms with van der Waals surface area (Å²) in [5.74, 6) is 0. The molecule has 3 aromatic rings. The van der Waals surface area contributed by atoms with Gasteiger partial charge in [-0.05, 0) is 30.2 Å². The minimum Gasteiger partial charge on any atom is -0.164 e. The molecule has 0 radical (unpaired) electrons. The molecule has 3 aromatic carbocycles. The summed E-state index contributed by atoms with van der Waals surface area (Å²) >= 11 is 0. The molecule has 0 saturated heterocycles. The van der Waals surface area contributed by atoms with Crippen molar-refractivity contribution in [3.8, 4) is 11.1 Å². The Morgan fingerprint density at radius 1 is 0.963 bits per heavy atom. The van der Waals surface area contributed by atoms with Gasteiger partial charge in [0.25, 0.3) is 0 Å². The number of fused-ring (bicyclic) bond motifs is 1. The summed E-state index contributed by atoms with van der Waals surface area (Å²) in [7, 11) is -1.24. The Balaban J connectivity index is 0.00000210. The number of hydrogen-bond donors (Lipinski definition) is 0. The van der Waals surface area contributed by atoms with Gasteiger partial charge in [0.05, 0.1) is 8.07 Å². The Labute approximate surface area is 184 Å². The predicted octanol–water partition coefficient (Wildman–Crippen LogP) is 6.89. The predicted molar refractivity (Wildman–Crippen MR) is 118 cm³/mol. The second kappa shape index (κ2) is 7.88. The molecule has 2 heteroatoms. The van der Waals surface area contributed by atoms with Gasteiger partial charge >= 0.3 is 0 Å². The standard InChI is InChI=1S/C25H31Si.Zr/c1-25(14-5-6-15-25)18-19-16-21-8-7-9-23(24(21)17-19)20-10-12-22(13-11-20)26(2,3)4;/h7-13,16-17H,5-6,14-15,18H2,1-4H3;/q-1;. The third-order valence-electron chi connectivity index (χ3n) is 6.31. The molecular formula is C25H31SiZr-. The van der Waals surface area contributed by atoms with Crippen LogP contribution >= 0.6 is 0 Å². The minimum absolute atomic E-state index is 0. The van der Waals surface area contributed by atoms with Crippen LogP contribution in [-0.2, 0) is 32.6 Å². The van der Waals surface area contributed by atoms with E-state index in [2.05, 4.69) is 81.2 Å². The van der Waals surface area contributed by atoms with Crippen LogP contribution in [-0.4, -0.2) is 8.07 Å². The van der Waals surface area contributed by atoms with Crippen LogP contribution in [0.3, 0.4) is 0 Å². The van der Waals surface area contributed by atoms with E-state index in [1.165, 1.54) is 64.8 Å². The van der Waals surface area contributed by atoms with Gasteiger partial charge in [0.15, 0.2) is 0 Å². The van der Waals surface area contributed by atoms with E-state index in [0.29, 0.717) is 5.41 Å². The van der Waals surface area contributed by atoms with Gasteiger partial charge in [0.1, 0.15) is 0 Å². The molecule has 0 nitrogen and oxygen atoms in total. The maximum absolute atomic E-state index is 2.48. The van der Waals surface area contributed by atoms with E-state index in [4.69, 9.17) is 0 Å². The minimum atomic E-state index is -1.24. The molecule has 140 valence electrons. The van der Waals surface area contributed by atoms with Gasteiger partial charge in [-0.3, -0.25) is 0 Å². The SMILES string of the molecule is CC1(Cc2cc3c(-c4ccc([Si](C)(C)C)cc4)cccc3[cH-]2)CCCC1.[Zr]. The maximum Gasteiger partial charge on any atom is 0.0775 e. The first-order chi connectivity index (χ1) is 12.3. The molecule has 0 spiro atoms. The van der Waals surface area contributed by atoms with Crippen molar-refractivity contribution in [3.05, 3.63) is 60.2 Å². The molecule has 0 unspecified atom stereocenters. The number of benzene rings is 2. The van der Waals surface area contributed by atoms with Crippen LogP contribution in [0.15, 0.2) is 54.6 Å². The van der Waals surface area contributed by atoms with E-state index in [0.717, 1.165) is 0 Å². The first-order valence-electron chi connectivity index (χ1n) is 10.1. The van der Waals surface area contributed by atoms with Gasteiger partial charge < -0.3 is 0 Å². The fraction of sp³-hybridized carbons (Fsp3) is 0.400. The quantitative estimate of drug-likeness (QED) is 0.300. The van der Waals surface area contributed by atoms with Crippen molar-refractivity contribution in [2.24, 2.45) is 5.41 Å². The van der Waals surface area contributed by atoms with Crippen LogP contribution in [0.25, 0.3) is 21.9 Å². The summed E-state index contributed by atoms with van der Waals surface area (Å²) in [5, 5.41) is 4.35. The summed E-state index contributed by atoms with van der Waals surface area (Å²) < 4.78 is 0. The molecule has 0 aliphatic heterocycles. The van der Waals surface area contributed by atoms with Crippen molar-refractivity contribution >= 4 is 24.0 Å². The van der Waals surface area contributed by atoms with E-state index in [1.807, 2.05) is 0 Å². The molecule has 0 aromatic heterocycles. The Kier molecular flexibility index (Phi) is 6.09. The second-order valence-electron chi connectivity index (χ2n) is 9.69. The zero-order valence-corrected chi connectivity index (χ0v) is 20.7. The molecule has 0 N–H and O–H groups in total. The average Bonchev–Trinajstić information content (AvgIpc) is 3.19. The third kappa shape index (κ3) is 4.43. The third-order valence-corrected chi connectivity index (χ3v) is 8.38. The van der Waals surface area contributed by atoms with Gasteiger partial charge in [-0.1, -0.05) is 80.5 Å². The molecule has 4 rings (SSSR count). The van der Waals surface area contributed by atoms with E-state index >= 15 is 0 Å². The maximum atomic E-state index is 2.48. The summed E-state index contributed by atoms with van der Waals surface area (Å²) in [4.78, 5) is 0. The van der Waals surface area contributed by atoms with Crippen molar-refractivity contribution < 1.29 is 26.2 Å². The average molecular weight is 451 g/mol. The molecule has 0 atom stereocenters. The topological polar surface area (TPSA) is 0 Å². The Morgan fingerprint density at radius 3 is 2.26 bits per heavy atom. The van der Waals surface area contributed by atoms with Gasteiger partial charge in [-0.2, -0.15) is 6.07 Å². The van der Waals surface area contributed by atoms with Gasteiger partial charge in [0, 0.05) is 26.2 Å².